The van der Waals surface area contributed by atoms with Crippen molar-refractivity contribution >= 4 is 43.8 Å². The van der Waals surface area contributed by atoms with Crippen molar-refractivity contribution in [1.29, 1.82) is 0 Å². The number of hydrogen-bond donors (Lipinski definition) is 2. The van der Waals surface area contributed by atoms with Crippen LogP contribution in [0.4, 0.5) is 4.79 Å². The molecule has 4 rings (SSSR count). The standard InChI is InChI=1S/C37H44N2O7SSi/c1-25(33(35(41)44-2)36(42)45-20-22-48(3,4)5)47-21-19-38-34(40)32(23-26-13-7-6-8-14-26)39-37(43)46-24-31-29-17-11-9-15-27(29)28-16-10-12-18-30(28)31/h6-19,21,25,31-33H,20,22-24H2,1-5H3,(H,38,40)(H,39,43)/b21-19+/t25-,32-,33-/m0/s1. The fourth-order valence-corrected chi connectivity index (χ4v) is 6.94. The van der Waals surface area contributed by atoms with Gasteiger partial charge in [0.25, 0.3) is 0 Å². The van der Waals surface area contributed by atoms with E-state index in [1.165, 1.54) is 25.1 Å². The van der Waals surface area contributed by atoms with Gasteiger partial charge in [-0.3, -0.25) is 14.4 Å². The third-order valence-corrected chi connectivity index (χ3v) is 10.8. The van der Waals surface area contributed by atoms with Gasteiger partial charge in [0.15, 0.2) is 5.92 Å². The topological polar surface area (TPSA) is 120 Å². The van der Waals surface area contributed by atoms with Crippen molar-refractivity contribution in [3.63, 3.8) is 0 Å². The first-order chi connectivity index (χ1) is 23.0. The minimum Gasteiger partial charge on any atom is -0.468 e. The molecule has 0 aliphatic heterocycles. The molecule has 9 nitrogen and oxygen atoms in total. The smallest absolute Gasteiger partial charge is 0.407 e. The second-order valence-corrected chi connectivity index (χ2v) is 19.8. The third kappa shape index (κ3) is 10.1. The summed E-state index contributed by atoms with van der Waals surface area (Å²) in [7, 11) is -0.193. The number of nitrogens with one attached hydrogen (secondary N) is 2. The minimum absolute atomic E-state index is 0.113. The number of carbonyl (C=O) groups is 4. The molecule has 0 heterocycles. The van der Waals surface area contributed by atoms with Crippen molar-refractivity contribution in [3.05, 3.63) is 107 Å². The van der Waals surface area contributed by atoms with Gasteiger partial charge in [-0.1, -0.05) is 105 Å². The molecule has 254 valence electrons. The summed E-state index contributed by atoms with van der Waals surface area (Å²) < 4.78 is 16.0. The van der Waals surface area contributed by atoms with E-state index in [9.17, 15) is 19.2 Å². The highest BCUT2D eigenvalue weighted by atomic mass is 32.2. The van der Waals surface area contributed by atoms with Crippen LogP contribution in [0.1, 0.15) is 29.5 Å². The Kier molecular flexibility index (Phi) is 13.0. The molecule has 2 amide bonds. The molecule has 0 saturated carbocycles. The van der Waals surface area contributed by atoms with Crippen LogP contribution in [0.2, 0.25) is 25.7 Å². The maximum atomic E-state index is 13.3. The Morgan fingerprint density at radius 2 is 1.46 bits per heavy atom. The quantitative estimate of drug-likeness (QED) is 0.0803. The molecular weight excluding hydrogens is 645 g/mol. The first kappa shape index (κ1) is 36.5. The summed E-state index contributed by atoms with van der Waals surface area (Å²) in [5, 5.41) is 6.51. The molecule has 3 atom stereocenters. The van der Waals surface area contributed by atoms with Crippen molar-refractivity contribution in [2.45, 2.75) is 56.2 Å². The van der Waals surface area contributed by atoms with Crippen LogP contribution in [0, 0.1) is 5.92 Å². The second-order valence-electron chi connectivity index (χ2n) is 12.8. The minimum atomic E-state index is -1.42. The van der Waals surface area contributed by atoms with E-state index in [0.29, 0.717) is 0 Å². The van der Waals surface area contributed by atoms with Crippen molar-refractivity contribution in [2.24, 2.45) is 5.92 Å². The monoisotopic (exact) mass is 688 g/mol. The number of benzene rings is 3. The first-order valence-electron chi connectivity index (χ1n) is 16.0. The van der Waals surface area contributed by atoms with Crippen molar-refractivity contribution in [1.82, 2.24) is 10.6 Å². The van der Waals surface area contributed by atoms with E-state index in [2.05, 4.69) is 42.4 Å². The van der Waals surface area contributed by atoms with E-state index >= 15 is 0 Å². The molecule has 1 aliphatic carbocycles. The lowest BCUT2D eigenvalue weighted by molar-refractivity contribution is -0.160. The lowest BCUT2D eigenvalue weighted by atomic mass is 9.98. The molecular formula is C37H44N2O7SSi. The van der Waals surface area contributed by atoms with Crippen LogP contribution in [0.15, 0.2) is 90.5 Å². The molecule has 0 saturated heterocycles. The Hall–Kier alpha value is -4.35. The summed E-state index contributed by atoms with van der Waals surface area (Å²) in [6.45, 7) is 8.62. The second kappa shape index (κ2) is 17.2. The predicted molar refractivity (Wildman–Crippen MR) is 191 cm³/mol. The maximum absolute atomic E-state index is 13.3. The van der Waals surface area contributed by atoms with E-state index < -0.39 is 49.2 Å². The number of hydrogen-bond acceptors (Lipinski definition) is 8. The van der Waals surface area contributed by atoms with Gasteiger partial charge in [0.2, 0.25) is 5.91 Å². The highest BCUT2D eigenvalue weighted by Crippen LogP contribution is 2.44. The van der Waals surface area contributed by atoms with Crippen molar-refractivity contribution < 1.29 is 33.4 Å². The SMILES string of the molecule is COC(=O)[C@@H](C(=O)OCC[Si](C)(C)C)[C@H](C)S/C=C/NC(=O)[C@H](Cc1ccccc1)NC(=O)OCC1c2ccccc2-c2ccccc21. The average molecular weight is 689 g/mol. The average Bonchev–Trinajstić information content (AvgIpc) is 3.38. The van der Waals surface area contributed by atoms with Crippen molar-refractivity contribution in [3.8, 4) is 11.1 Å². The fraction of sp³-hybridized carbons (Fsp3) is 0.351. The summed E-state index contributed by atoms with van der Waals surface area (Å²) in [6.07, 6.45) is 0.960. The van der Waals surface area contributed by atoms with Gasteiger partial charge in [0.1, 0.15) is 12.6 Å². The zero-order valence-electron chi connectivity index (χ0n) is 28.1. The molecule has 0 spiro atoms. The molecule has 0 radical (unpaired) electrons. The van der Waals surface area contributed by atoms with Crippen LogP contribution in [-0.2, 0) is 35.0 Å². The van der Waals surface area contributed by atoms with E-state index in [1.807, 2.05) is 66.7 Å². The molecule has 1 aliphatic rings. The predicted octanol–water partition coefficient (Wildman–Crippen LogP) is 6.52. The number of rotatable bonds is 15. The number of methoxy groups -OCH3 is 1. The molecule has 0 bridgehead atoms. The lowest BCUT2D eigenvalue weighted by Gasteiger charge is -2.21. The van der Waals surface area contributed by atoms with Gasteiger partial charge in [-0.05, 0) is 39.3 Å². The Morgan fingerprint density at radius 1 is 0.854 bits per heavy atom. The van der Waals surface area contributed by atoms with Gasteiger partial charge < -0.3 is 24.8 Å². The number of esters is 2. The molecule has 0 fully saturated rings. The van der Waals surface area contributed by atoms with Crippen LogP contribution in [0.5, 0.6) is 0 Å². The van der Waals surface area contributed by atoms with E-state index in [-0.39, 0.29) is 25.6 Å². The Balaban J connectivity index is 1.36. The Labute approximate surface area is 287 Å². The van der Waals surface area contributed by atoms with Crippen LogP contribution in [0.3, 0.4) is 0 Å². The molecule has 0 aromatic heterocycles. The maximum Gasteiger partial charge on any atom is 0.407 e. The molecule has 2 N–H and O–H groups in total. The van der Waals surface area contributed by atoms with E-state index in [1.54, 1.807) is 12.3 Å². The summed E-state index contributed by atoms with van der Waals surface area (Å²) in [5.74, 6) is -3.00. The molecule has 3 aromatic carbocycles. The summed E-state index contributed by atoms with van der Waals surface area (Å²) >= 11 is 1.18. The normalized spacial score (nSPS) is 14.3. The van der Waals surface area contributed by atoms with Gasteiger partial charge in [0.05, 0.1) is 13.7 Å². The largest absolute Gasteiger partial charge is 0.468 e. The number of carbonyl (C=O) groups excluding carboxylic acids is 4. The summed E-state index contributed by atoms with van der Waals surface area (Å²) in [4.78, 5) is 51.6. The van der Waals surface area contributed by atoms with Crippen LogP contribution < -0.4 is 10.6 Å². The van der Waals surface area contributed by atoms with E-state index in [4.69, 9.17) is 14.2 Å². The highest BCUT2D eigenvalue weighted by Gasteiger charge is 2.35. The Morgan fingerprint density at radius 3 is 2.06 bits per heavy atom. The van der Waals surface area contributed by atoms with Gasteiger partial charge in [0, 0.05) is 31.9 Å². The third-order valence-electron chi connectivity index (χ3n) is 8.10. The zero-order chi connectivity index (χ0) is 34.7. The molecule has 0 unspecified atom stereocenters. The zero-order valence-corrected chi connectivity index (χ0v) is 29.9. The van der Waals surface area contributed by atoms with Crippen LogP contribution in [-0.4, -0.2) is 63.6 Å². The molecule has 48 heavy (non-hydrogen) atoms. The number of amides is 2. The fourth-order valence-electron chi connectivity index (χ4n) is 5.45. The number of ether oxygens (including phenoxy) is 3. The molecule has 11 heteroatoms. The van der Waals surface area contributed by atoms with Gasteiger partial charge in [-0.25, -0.2) is 4.79 Å². The highest BCUT2D eigenvalue weighted by molar-refractivity contribution is 8.02. The van der Waals surface area contributed by atoms with Crippen LogP contribution in [0.25, 0.3) is 11.1 Å². The van der Waals surface area contributed by atoms with E-state index in [0.717, 1.165) is 33.9 Å². The van der Waals surface area contributed by atoms with Crippen molar-refractivity contribution in [2.75, 3.05) is 20.3 Å². The van der Waals surface area contributed by atoms with Crippen LogP contribution >= 0.6 is 11.8 Å². The summed E-state index contributed by atoms with van der Waals surface area (Å²) in [5.41, 5.74) is 5.29. The van der Waals surface area contributed by atoms with Gasteiger partial charge >= 0.3 is 18.0 Å². The first-order valence-corrected chi connectivity index (χ1v) is 20.6. The number of thioether (sulfide) groups is 1. The van der Waals surface area contributed by atoms with Gasteiger partial charge in [-0.2, -0.15) is 0 Å². The summed E-state index contributed by atoms with van der Waals surface area (Å²) in [6, 6.07) is 25.4. The lowest BCUT2D eigenvalue weighted by Crippen LogP contribution is -2.47. The molecule has 3 aromatic rings. The number of alkyl carbamates (subject to hydrolysis) is 1. The number of fused-ring (bicyclic) bond motifs is 3. The van der Waals surface area contributed by atoms with Gasteiger partial charge in [-0.15, -0.1) is 11.8 Å². The Bertz CT molecular complexity index is 1560.